The average molecular weight is 765 g/mol. The van der Waals surface area contributed by atoms with Crippen LogP contribution in [0.25, 0.3) is 67.1 Å². The van der Waals surface area contributed by atoms with Crippen LogP contribution in [0.1, 0.15) is 41.5 Å². The number of para-hydroxylation sites is 2. The van der Waals surface area contributed by atoms with E-state index < -0.39 is 0 Å². The van der Waals surface area contributed by atoms with Crippen LogP contribution in [0.5, 0.6) is 0 Å². The van der Waals surface area contributed by atoms with Gasteiger partial charge in [-0.25, -0.2) is 0 Å². The van der Waals surface area contributed by atoms with Gasteiger partial charge in [-0.1, -0.05) is 192 Å². The minimum atomic E-state index is 0.155. The minimum Gasteiger partial charge on any atom is -0.309 e. The van der Waals surface area contributed by atoms with E-state index in [0.717, 1.165) is 30.5 Å². The molecule has 3 heterocycles. The quantitative estimate of drug-likeness (QED) is 0.155. The van der Waals surface area contributed by atoms with Crippen LogP contribution in [-0.4, -0.2) is 17.0 Å². The largest absolute Gasteiger partial charge is 0.309 e. The SMILES string of the molecule is C1=C\c2ccccc2C2=NC(c3ccc(-c4ccc5c(c4)-c4cc6c(cc4B5c4ccccc4)c4ccccc4n6-c4ccccc4)cc3)=C(c3ccccc3)C(CC/1)C2. The second kappa shape index (κ2) is 14.3. The van der Waals surface area contributed by atoms with E-state index in [1.807, 2.05) is 0 Å². The van der Waals surface area contributed by atoms with Crippen LogP contribution in [0.15, 0.2) is 205 Å². The molecule has 1 aromatic heterocycles. The van der Waals surface area contributed by atoms with Crippen LogP contribution in [0.3, 0.4) is 0 Å². The highest BCUT2D eigenvalue weighted by atomic mass is 15.0. The van der Waals surface area contributed by atoms with Crippen molar-refractivity contribution >= 4 is 68.0 Å². The van der Waals surface area contributed by atoms with E-state index >= 15 is 0 Å². The maximum Gasteiger partial charge on any atom is 0.242 e. The Morgan fingerprint density at radius 3 is 2.02 bits per heavy atom. The highest BCUT2D eigenvalue weighted by molar-refractivity contribution is 6.99. The molecule has 0 fully saturated rings. The summed E-state index contributed by atoms with van der Waals surface area (Å²) in [5.41, 5.74) is 21.3. The van der Waals surface area contributed by atoms with Gasteiger partial charge in [-0.15, -0.1) is 0 Å². The summed E-state index contributed by atoms with van der Waals surface area (Å²) in [4.78, 5) is 5.56. The summed E-state index contributed by atoms with van der Waals surface area (Å²) in [5, 5.41) is 2.57. The van der Waals surface area contributed by atoms with Crippen molar-refractivity contribution in [2.45, 2.75) is 19.3 Å². The lowest BCUT2D eigenvalue weighted by atomic mass is 9.39. The Morgan fingerprint density at radius 2 is 1.18 bits per heavy atom. The van der Waals surface area contributed by atoms with Crippen LogP contribution in [-0.2, 0) is 0 Å². The molecule has 0 amide bonds. The van der Waals surface area contributed by atoms with Gasteiger partial charge in [0.25, 0.3) is 0 Å². The summed E-state index contributed by atoms with van der Waals surface area (Å²) in [6.07, 6.45) is 7.72. The number of aromatic nitrogens is 1. The van der Waals surface area contributed by atoms with Gasteiger partial charge >= 0.3 is 0 Å². The van der Waals surface area contributed by atoms with E-state index in [-0.39, 0.29) is 6.71 Å². The molecule has 2 bridgehead atoms. The molecule has 1 aliphatic carbocycles. The van der Waals surface area contributed by atoms with Gasteiger partial charge in [0, 0.05) is 33.3 Å². The van der Waals surface area contributed by atoms with Gasteiger partial charge in [0.15, 0.2) is 0 Å². The Bertz CT molecular complexity index is 3210. The lowest BCUT2D eigenvalue weighted by molar-refractivity contribution is 0.636. The zero-order chi connectivity index (χ0) is 39.6. The van der Waals surface area contributed by atoms with Gasteiger partial charge in [-0.05, 0) is 94.5 Å². The Morgan fingerprint density at radius 1 is 0.500 bits per heavy atom. The van der Waals surface area contributed by atoms with Crippen molar-refractivity contribution in [1.82, 2.24) is 4.57 Å². The van der Waals surface area contributed by atoms with Gasteiger partial charge in [0.05, 0.1) is 16.7 Å². The average Bonchev–Trinajstić information content (AvgIpc) is 3.83. The molecule has 3 heteroatoms. The summed E-state index contributed by atoms with van der Waals surface area (Å²) in [6.45, 7) is 0.155. The highest BCUT2D eigenvalue weighted by Gasteiger charge is 2.35. The van der Waals surface area contributed by atoms with Crippen molar-refractivity contribution in [3.05, 3.63) is 222 Å². The van der Waals surface area contributed by atoms with Crippen molar-refractivity contribution in [2.75, 3.05) is 0 Å². The monoisotopic (exact) mass is 764 g/mol. The van der Waals surface area contributed by atoms with E-state index in [4.69, 9.17) is 4.99 Å². The maximum absolute atomic E-state index is 5.56. The number of allylic oxidation sites excluding steroid dienone is 2. The molecule has 1 unspecified atom stereocenters. The molecule has 0 saturated carbocycles. The molecule has 3 aliphatic rings. The first-order chi connectivity index (χ1) is 29.8. The normalized spacial score (nSPS) is 16.1. The summed E-state index contributed by atoms with van der Waals surface area (Å²) < 4.78 is 2.44. The summed E-state index contributed by atoms with van der Waals surface area (Å²) in [5.74, 6) is 0.381. The first-order valence-corrected chi connectivity index (χ1v) is 21.3. The Labute approximate surface area is 351 Å². The van der Waals surface area contributed by atoms with Gasteiger partial charge in [-0.2, -0.15) is 0 Å². The lowest BCUT2D eigenvalue weighted by Gasteiger charge is -2.28. The molecule has 8 aromatic carbocycles. The molecule has 12 rings (SSSR count). The fraction of sp³-hybridized carbons (Fsp3) is 0.0702. The van der Waals surface area contributed by atoms with Gasteiger partial charge < -0.3 is 4.57 Å². The molecule has 0 saturated heterocycles. The zero-order valence-corrected chi connectivity index (χ0v) is 33.3. The van der Waals surface area contributed by atoms with Crippen LogP contribution in [0.4, 0.5) is 0 Å². The smallest absolute Gasteiger partial charge is 0.242 e. The fourth-order valence-electron chi connectivity index (χ4n) is 10.4. The lowest BCUT2D eigenvalue weighted by Crippen LogP contribution is -2.48. The predicted molar refractivity (Wildman–Crippen MR) is 255 cm³/mol. The molecule has 9 aromatic rings. The third-order valence-corrected chi connectivity index (χ3v) is 13.1. The first kappa shape index (κ1) is 34.8. The van der Waals surface area contributed by atoms with E-state index in [9.17, 15) is 0 Å². The standard InChI is InChI=1S/C57H41BN2/c1-4-18-40(19-5-1)56-43-20-11-10-16-39-17-12-13-25-46(39)53(35-43)59-57(56)41-30-28-38(29-31-41)42-32-33-51-48(34-42)49-37-55-50(36-52(49)58(51)44-21-6-2-7-22-44)47-26-14-15-27-54(47)60(55)45-23-8-3-9-24-45/h1-10,12-19,21-34,36-37,43H,11,20,35H2/b16-10-. The van der Waals surface area contributed by atoms with Crippen molar-refractivity contribution < 1.29 is 0 Å². The van der Waals surface area contributed by atoms with Gasteiger partial charge in [0.1, 0.15) is 0 Å². The molecular weight excluding hydrogens is 723 g/mol. The Kier molecular flexibility index (Phi) is 8.26. The van der Waals surface area contributed by atoms with E-state index in [2.05, 4.69) is 211 Å². The zero-order valence-electron chi connectivity index (χ0n) is 33.3. The van der Waals surface area contributed by atoms with Crippen LogP contribution in [0, 0.1) is 5.92 Å². The third-order valence-electron chi connectivity index (χ3n) is 13.1. The maximum atomic E-state index is 5.56. The Balaban J connectivity index is 1.00. The van der Waals surface area contributed by atoms with Crippen LogP contribution in [0.2, 0.25) is 0 Å². The second-order valence-corrected chi connectivity index (χ2v) is 16.5. The predicted octanol–water partition coefficient (Wildman–Crippen LogP) is 12.1. The minimum absolute atomic E-state index is 0.155. The topological polar surface area (TPSA) is 17.3 Å². The molecule has 2 nitrogen and oxygen atoms in total. The first-order valence-electron chi connectivity index (χ1n) is 21.3. The molecule has 0 N–H and O–H groups in total. The molecule has 0 spiro atoms. The number of aliphatic imine (C=N–C) groups is 1. The second-order valence-electron chi connectivity index (χ2n) is 16.5. The third kappa shape index (κ3) is 5.68. The highest BCUT2D eigenvalue weighted by Crippen LogP contribution is 2.44. The molecular formula is C57H41BN2. The molecule has 60 heavy (non-hydrogen) atoms. The summed E-state index contributed by atoms with van der Waals surface area (Å²) >= 11 is 0. The van der Waals surface area contributed by atoms with E-state index in [1.54, 1.807) is 0 Å². The van der Waals surface area contributed by atoms with Crippen molar-refractivity contribution in [3.63, 3.8) is 0 Å². The number of fused-ring (bicyclic) bond motifs is 10. The van der Waals surface area contributed by atoms with Crippen molar-refractivity contribution in [2.24, 2.45) is 10.9 Å². The number of benzene rings is 8. The van der Waals surface area contributed by atoms with Crippen molar-refractivity contribution in [3.8, 4) is 27.9 Å². The van der Waals surface area contributed by atoms with Crippen LogP contribution >= 0.6 is 0 Å². The Hall–Kier alpha value is -7.23. The number of hydrogen-bond donors (Lipinski definition) is 0. The summed E-state index contributed by atoms with van der Waals surface area (Å²) in [6, 6.07) is 71.7. The van der Waals surface area contributed by atoms with Gasteiger partial charge in [-0.3, -0.25) is 4.99 Å². The number of nitrogens with zero attached hydrogens (tertiary/aromatic N) is 2. The molecule has 2 aliphatic heterocycles. The fourth-order valence-corrected chi connectivity index (χ4v) is 10.4. The molecule has 282 valence electrons. The van der Waals surface area contributed by atoms with E-state index in [0.29, 0.717) is 5.92 Å². The van der Waals surface area contributed by atoms with Crippen molar-refractivity contribution in [1.29, 1.82) is 0 Å². The van der Waals surface area contributed by atoms with E-state index in [1.165, 1.54) is 94.1 Å². The number of rotatable bonds is 5. The number of hydrogen-bond acceptors (Lipinski definition) is 1. The van der Waals surface area contributed by atoms with Crippen LogP contribution < -0.4 is 16.4 Å². The summed E-state index contributed by atoms with van der Waals surface area (Å²) in [7, 11) is 0. The molecule has 1 atom stereocenters. The molecule has 0 radical (unpaired) electrons. The van der Waals surface area contributed by atoms with Gasteiger partial charge in [0.2, 0.25) is 6.71 Å².